The van der Waals surface area contributed by atoms with Crippen LogP contribution in [0.5, 0.6) is 0 Å². The van der Waals surface area contributed by atoms with Crippen LogP contribution in [-0.4, -0.2) is 18.0 Å². The van der Waals surface area contributed by atoms with Gasteiger partial charge in [-0.15, -0.1) is 0 Å². The average Bonchev–Trinajstić information content (AvgIpc) is 2.60. The SMILES string of the molecule is N#CC(c1ccc(F)cc1)C1CCN(Cc2ccccc2)CC1. The molecule has 23 heavy (non-hydrogen) atoms. The highest BCUT2D eigenvalue weighted by Crippen LogP contribution is 2.32. The number of likely N-dealkylation sites (tertiary alicyclic amines) is 1. The smallest absolute Gasteiger partial charge is 0.123 e. The molecule has 1 unspecified atom stereocenters. The number of rotatable bonds is 4. The summed E-state index contributed by atoms with van der Waals surface area (Å²) in [5.74, 6) is -0.0184. The molecule has 0 spiro atoms. The van der Waals surface area contributed by atoms with E-state index in [0.717, 1.165) is 38.0 Å². The van der Waals surface area contributed by atoms with Crippen molar-refractivity contribution in [1.29, 1.82) is 5.26 Å². The highest BCUT2D eigenvalue weighted by atomic mass is 19.1. The van der Waals surface area contributed by atoms with Crippen LogP contribution in [0.15, 0.2) is 54.6 Å². The lowest BCUT2D eigenvalue weighted by molar-refractivity contribution is 0.171. The molecule has 0 radical (unpaired) electrons. The topological polar surface area (TPSA) is 27.0 Å². The molecule has 2 aromatic carbocycles. The van der Waals surface area contributed by atoms with E-state index < -0.39 is 0 Å². The Balaban J connectivity index is 1.59. The van der Waals surface area contributed by atoms with Gasteiger partial charge < -0.3 is 0 Å². The molecule has 1 heterocycles. The maximum absolute atomic E-state index is 13.1. The molecule has 2 aromatic rings. The lowest BCUT2D eigenvalue weighted by atomic mass is 9.81. The number of nitrogens with zero attached hydrogens (tertiary/aromatic N) is 2. The number of piperidine rings is 1. The third-order valence-electron chi connectivity index (χ3n) is 4.72. The van der Waals surface area contributed by atoms with Crippen LogP contribution in [0.25, 0.3) is 0 Å². The molecule has 3 heteroatoms. The van der Waals surface area contributed by atoms with Crippen LogP contribution < -0.4 is 0 Å². The molecule has 118 valence electrons. The minimum Gasteiger partial charge on any atom is -0.299 e. The first-order valence-electron chi connectivity index (χ1n) is 8.17. The fraction of sp³-hybridized carbons (Fsp3) is 0.350. The lowest BCUT2D eigenvalue weighted by Crippen LogP contribution is -2.35. The minimum absolute atomic E-state index is 0.130. The van der Waals surface area contributed by atoms with Crippen molar-refractivity contribution in [2.75, 3.05) is 13.1 Å². The Hall–Kier alpha value is -2.18. The molecule has 1 aliphatic rings. The van der Waals surface area contributed by atoms with Crippen LogP contribution in [0.4, 0.5) is 4.39 Å². The molecule has 3 rings (SSSR count). The van der Waals surface area contributed by atoms with Gasteiger partial charge in [-0.25, -0.2) is 4.39 Å². The van der Waals surface area contributed by atoms with E-state index in [4.69, 9.17) is 0 Å². The third-order valence-corrected chi connectivity index (χ3v) is 4.72. The molecule has 0 aromatic heterocycles. The molecule has 0 amide bonds. The maximum atomic E-state index is 13.1. The van der Waals surface area contributed by atoms with Crippen molar-refractivity contribution in [3.8, 4) is 6.07 Å². The summed E-state index contributed by atoms with van der Waals surface area (Å²) in [6.07, 6.45) is 2.03. The minimum atomic E-state index is -0.247. The van der Waals surface area contributed by atoms with Gasteiger partial charge in [-0.3, -0.25) is 4.90 Å². The number of halogens is 1. The molecule has 0 saturated carbocycles. The van der Waals surface area contributed by atoms with Gasteiger partial charge in [-0.2, -0.15) is 5.26 Å². The van der Waals surface area contributed by atoms with E-state index in [0.29, 0.717) is 5.92 Å². The van der Waals surface area contributed by atoms with Crippen LogP contribution in [0.2, 0.25) is 0 Å². The zero-order valence-electron chi connectivity index (χ0n) is 13.2. The quantitative estimate of drug-likeness (QED) is 0.840. The molecule has 1 aliphatic heterocycles. The van der Waals surface area contributed by atoms with Crippen molar-refractivity contribution in [1.82, 2.24) is 4.90 Å². The second kappa shape index (κ2) is 7.39. The normalized spacial score (nSPS) is 17.6. The summed E-state index contributed by atoms with van der Waals surface area (Å²) in [7, 11) is 0. The van der Waals surface area contributed by atoms with E-state index in [-0.39, 0.29) is 11.7 Å². The summed E-state index contributed by atoms with van der Waals surface area (Å²) < 4.78 is 13.1. The number of hydrogen-bond donors (Lipinski definition) is 0. The van der Waals surface area contributed by atoms with Crippen molar-refractivity contribution in [2.24, 2.45) is 5.92 Å². The van der Waals surface area contributed by atoms with E-state index in [1.807, 2.05) is 6.07 Å². The summed E-state index contributed by atoms with van der Waals surface area (Å²) >= 11 is 0. The Kier molecular flexibility index (Phi) is 5.05. The van der Waals surface area contributed by atoms with Crippen LogP contribution in [-0.2, 0) is 6.54 Å². The van der Waals surface area contributed by atoms with Gasteiger partial charge in [0.05, 0.1) is 12.0 Å². The average molecular weight is 308 g/mol. The maximum Gasteiger partial charge on any atom is 0.123 e. The molecule has 0 N–H and O–H groups in total. The summed E-state index contributed by atoms with van der Waals surface area (Å²) in [6, 6.07) is 19.3. The molecule has 1 saturated heterocycles. The van der Waals surface area contributed by atoms with E-state index in [2.05, 4.69) is 35.2 Å². The van der Waals surface area contributed by atoms with E-state index in [1.54, 1.807) is 12.1 Å². The van der Waals surface area contributed by atoms with Gasteiger partial charge in [0.2, 0.25) is 0 Å². The van der Waals surface area contributed by atoms with Crippen molar-refractivity contribution < 1.29 is 4.39 Å². The molecule has 1 atom stereocenters. The van der Waals surface area contributed by atoms with E-state index >= 15 is 0 Å². The van der Waals surface area contributed by atoms with Gasteiger partial charge in [0, 0.05) is 6.54 Å². The molecular formula is C20H21FN2. The zero-order chi connectivity index (χ0) is 16.1. The van der Waals surface area contributed by atoms with Gasteiger partial charge >= 0.3 is 0 Å². The second-order valence-corrected chi connectivity index (χ2v) is 6.26. The van der Waals surface area contributed by atoms with E-state index in [9.17, 15) is 9.65 Å². The fourth-order valence-electron chi connectivity index (χ4n) is 3.41. The van der Waals surface area contributed by atoms with Crippen LogP contribution >= 0.6 is 0 Å². The largest absolute Gasteiger partial charge is 0.299 e. The summed E-state index contributed by atoms with van der Waals surface area (Å²) in [5, 5.41) is 9.54. The van der Waals surface area contributed by atoms with E-state index in [1.165, 1.54) is 17.7 Å². The first kappa shape index (κ1) is 15.7. The lowest BCUT2D eigenvalue weighted by Gasteiger charge is -2.34. The van der Waals surface area contributed by atoms with Gasteiger partial charge in [0.15, 0.2) is 0 Å². The van der Waals surface area contributed by atoms with Gasteiger partial charge in [-0.1, -0.05) is 42.5 Å². The molecule has 2 nitrogen and oxygen atoms in total. The number of nitriles is 1. The summed E-state index contributed by atoms with van der Waals surface area (Å²) in [5.41, 5.74) is 2.27. The van der Waals surface area contributed by atoms with Crippen molar-refractivity contribution >= 4 is 0 Å². The Morgan fingerprint density at radius 2 is 1.70 bits per heavy atom. The second-order valence-electron chi connectivity index (χ2n) is 6.26. The third kappa shape index (κ3) is 3.97. The Morgan fingerprint density at radius 1 is 1.04 bits per heavy atom. The Labute approximate surface area is 137 Å². The van der Waals surface area contributed by atoms with Crippen LogP contribution in [0.1, 0.15) is 29.9 Å². The monoisotopic (exact) mass is 308 g/mol. The molecular weight excluding hydrogens is 287 g/mol. The van der Waals surface area contributed by atoms with Gasteiger partial charge in [0.25, 0.3) is 0 Å². The summed E-state index contributed by atoms with van der Waals surface area (Å²) in [6.45, 7) is 3.00. The highest BCUT2D eigenvalue weighted by Gasteiger charge is 2.27. The summed E-state index contributed by atoms with van der Waals surface area (Å²) in [4.78, 5) is 2.45. The predicted octanol–water partition coefficient (Wildman–Crippen LogP) is 4.35. The standard InChI is InChI=1S/C20H21FN2/c21-19-8-6-17(7-9-19)20(14-22)18-10-12-23(13-11-18)15-16-4-2-1-3-5-16/h1-9,18,20H,10-13,15H2. The first-order valence-corrected chi connectivity index (χ1v) is 8.17. The Bertz CT molecular complexity index is 652. The van der Waals surface area contributed by atoms with Crippen LogP contribution in [0.3, 0.4) is 0 Å². The first-order chi connectivity index (χ1) is 11.3. The highest BCUT2D eigenvalue weighted by molar-refractivity contribution is 5.26. The number of hydrogen-bond acceptors (Lipinski definition) is 2. The fourth-order valence-corrected chi connectivity index (χ4v) is 3.41. The Morgan fingerprint density at radius 3 is 2.30 bits per heavy atom. The van der Waals surface area contributed by atoms with Crippen LogP contribution in [0, 0.1) is 23.1 Å². The van der Waals surface area contributed by atoms with Gasteiger partial charge in [0.1, 0.15) is 5.82 Å². The zero-order valence-corrected chi connectivity index (χ0v) is 13.2. The molecule has 1 fully saturated rings. The number of benzene rings is 2. The van der Waals surface area contributed by atoms with Crippen molar-refractivity contribution in [3.63, 3.8) is 0 Å². The van der Waals surface area contributed by atoms with Gasteiger partial charge in [-0.05, 0) is 55.1 Å². The predicted molar refractivity (Wildman–Crippen MR) is 89.2 cm³/mol. The van der Waals surface area contributed by atoms with Crippen molar-refractivity contribution in [3.05, 3.63) is 71.5 Å². The molecule has 0 aliphatic carbocycles. The molecule has 0 bridgehead atoms. The van der Waals surface area contributed by atoms with Crippen molar-refractivity contribution in [2.45, 2.75) is 25.3 Å².